The topological polar surface area (TPSA) is 88.3 Å². The molecule has 0 saturated carbocycles. The highest BCUT2D eigenvalue weighted by atomic mass is 79.9. The van der Waals surface area contributed by atoms with Crippen LogP contribution >= 0.6 is 15.9 Å². The van der Waals surface area contributed by atoms with Crippen LogP contribution in [-0.2, 0) is 17.8 Å². The molecule has 8 heteroatoms. The Kier molecular flexibility index (Phi) is 4.72. The number of nitrogens with one attached hydrogen (secondary N) is 1. The van der Waals surface area contributed by atoms with Crippen LogP contribution < -0.4 is 5.32 Å². The van der Waals surface area contributed by atoms with E-state index in [2.05, 4.69) is 31.4 Å². The van der Waals surface area contributed by atoms with Gasteiger partial charge in [-0.3, -0.25) is 9.69 Å². The molecule has 1 N–H and O–H groups in total. The molecule has 1 aromatic heterocycles. The predicted octanol–water partition coefficient (Wildman–Crippen LogP) is 3.16. The molecular weight excluding hydrogens is 412 g/mol. The maximum absolute atomic E-state index is 12.6. The summed E-state index contributed by atoms with van der Waals surface area (Å²) in [6, 6.07) is 15.9. The van der Waals surface area contributed by atoms with Gasteiger partial charge in [-0.2, -0.15) is 0 Å². The van der Waals surface area contributed by atoms with E-state index in [1.165, 1.54) is 0 Å². The van der Waals surface area contributed by atoms with E-state index >= 15 is 0 Å². The second-order valence-corrected chi connectivity index (χ2v) is 6.95. The zero-order chi connectivity index (χ0) is 18.8. The molecule has 1 saturated heterocycles. The lowest BCUT2D eigenvalue weighted by molar-refractivity contribution is -0.128. The SMILES string of the molecule is O=C1N[C@@H](Cc2ccccc2)C(=O)N1Cc1nnc(-c2ccccc2Br)o1. The third kappa shape index (κ3) is 3.61. The van der Waals surface area contributed by atoms with Gasteiger partial charge < -0.3 is 9.73 Å². The molecule has 4 rings (SSSR count). The van der Waals surface area contributed by atoms with Crippen molar-refractivity contribution >= 4 is 27.9 Å². The highest BCUT2D eigenvalue weighted by Crippen LogP contribution is 2.27. The maximum atomic E-state index is 12.6. The Morgan fingerprint density at radius 2 is 1.78 bits per heavy atom. The summed E-state index contributed by atoms with van der Waals surface area (Å²) in [6.07, 6.45) is 0.438. The van der Waals surface area contributed by atoms with E-state index in [9.17, 15) is 9.59 Å². The fourth-order valence-corrected chi connectivity index (χ4v) is 3.37. The third-order valence-electron chi connectivity index (χ3n) is 4.25. The van der Waals surface area contributed by atoms with Gasteiger partial charge in [-0.1, -0.05) is 42.5 Å². The first kappa shape index (κ1) is 17.4. The Balaban J connectivity index is 1.47. The quantitative estimate of drug-likeness (QED) is 0.632. The van der Waals surface area contributed by atoms with E-state index in [-0.39, 0.29) is 18.3 Å². The molecule has 1 atom stereocenters. The summed E-state index contributed by atoms with van der Waals surface area (Å²) in [5.41, 5.74) is 1.72. The number of benzene rings is 2. The number of nitrogens with zero attached hydrogens (tertiary/aromatic N) is 3. The van der Waals surface area contributed by atoms with Crippen molar-refractivity contribution in [2.45, 2.75) is 19.0 Å². The van der Waals surface area contributed by atoms with Crippen molar-refractivity contribution in [3.63, 3.8) is 0 Å². The number of carbonyl (C=O) groups is 2. The van der Waals surface area contributed by atoms with E-state index in [0.29, 0.717) is 12.3 Å². The van der Waals surface area contributed by atoms with Gasteiger partial charge in [-0.25, -0.2) is 4.79 Å². The minimum absolute atomic E-state index is 0.0621. The van der Waals surface area contributed by atoms with Gasteiger partial charge in [-0.15, -0.1) is 10.2 Å². The molecule has 3 aromatic rings. The standard InChI is InChI=1S/C19H15BrN4O3/c20-14-9-5-4-8-13(14)17-23-22-16(27-17)11-24-18(25)15(21-19(24)26)10-12-6-2-1-3-7-12/h1-9,15H,10-11H2,(H,21,26)/t15-/m0/s1. The summed E-state index contributed by atoms with van der Waals surface area (Å²) in [5.74, 6) is 0.222. The highest BCUT2D eigenvalue weighted by Gasteiger charge is 2.38. The number of hydrogen-bond acceptors (Lipinski definition) is 5. The molecule has 2 aromatic carbocycles. The molecule has 2 heterocycles. The van der Waals surface area contributed by atoms with Crippen LogP contribution in [0, 0.1) is 0 Å². The van der Waals surface area contributed by atoms with Gasteiger partial charge in [-0.05, 0) is 33.6 Å². The van der Waals surface area contributed by atoms with Gasteiger partial charge in [0.25, 0.3) is 5.91 Å². The first-order chi connectivity index (χ1) is 13.1. The molecule has 7 nitrogen and oxygen atoms in total. The lowest BCUT2D eigenvalue weighted by Crippen LogP contribution is -2.32. The highest BCUT2D eigenvalue weighted by molar-refractivity contribution is 9.10. The maximum Gasteiger partial charge on any atom is 0.325 e. The van der Waals surface area contributed by atoms with Gasteiger partial charge in [0.15, 0.2) is 0 Å². The molecule has 0 unspecified atom stereocenters. The molecule has 0 bridgehead atoms. The molecule has 136 valence electrons. The van der Waals surface area contributed by atoms with Crippen LogP contribution in [0.2, 0.25) is 0 Å². The number of carbonyl (C=O) groups excluding carboxylic acids is 2. The molecule has 1 aliphatic rings. The van der Waals surface area contributed by atoms with Crippen molar-refractivity contribution in [2.75, 3.05) is 0 Å². The summed E-state index contributed by atoms with van der Waals surface area (Å²) >= 11 is 3.43. The smallest absolute Gasteiger partial charge is 0.325 e. The van der Waals surface area contributed by atoms with E-state index in [1.807, 2.05) is 54.6 Å². The Labute approximate surface area is 163 Å². The minimum Gasteiger partial charge on any atom is -0.419 e. The van der Waals surface area contributed by atoms with Crippen LogP contribution in [0.25, 0.3) is 11.5 Å². The van der Waals surface area contributed by atoms with Crippen molar-refractivity contribution in [3.8, 4) is 11.5 Å². The van der Waals surface area contributed by atoms with Gasteiger partial charge in [0.2, 0.25) is 11.8 Å². The average Bonchev–Trinajstić information content (AvgIpc) is 3.24. The first-order valence-electron chi connectivity index (χ1n) is 8.35. The summed E-state index contributed by atoms with van der Waals surface area (Å²) in [7, 11) is 0. The Bertz CT molecular complexity index is 989. The van der Waals surface area contributed by atoms with Gasteiger partial charge in [0, 0.05) is 10.9 Å². The molecule has 27 heavy (non-hydrogen) atoms. The van der Waals surface area contributed by atoms with E-state index in [0.717, 1.165) is 20.5 Å². The average molecular weight is 427 g/mol. The van der Waals surface area contributed by atoms with Crippen LogP contribution in [-0.4, -0.2) is 33.1 Å². The Morgan fingerprint density at radius 3 is 2.56 bits per heavy atom. The number of aromatic nitrogens is 2. The lowest BCUT2D eigenvalue weighted by Gasteiger charge is -2.10. The minimum atomic E-state index is -0.592. The van der Waals surface area contributed by atoms with Crippen molar-refractivity contribution < 1.29 is 14.0 Å². The number of amides is 3. The summed E-state index contributed by atoms with van der Waals surface area (Å²) in [6.45, 7) is -0.0621. The number of halogens is 1. The Morgan fingerprint density at radius 1 is 1.04 bits per heavy atom. The molecule has 3 amide bonds. The molecule has 0 spiro atoms. The number of imide groups is 1. The second-order valence-electron chi connectivity index (χ2n) is 6.10. The molecule has 1 aliphatic heterocycles. The molecule has 0 aliphatic carbocycles. The second kappa shape index (κ2) is 7.32. The first-order valence-corrected chi connectivity index (χ1v) is 9.14. The largest absolute Gasteiger partial charge is 0.419 e. The van der Waals surface area contributed by atoms with Crippen molar-refractivity contribution in [2.24, 2.45) is 0 Å². The zero-order valence-electron chi connectivity index (χ0n) is 14.1. The van der Waals surface area contributed by atoms with Crippen LogP contribution in [0.1, 0.15) is 11.5 Å². The summed E-state index contributed by atoms with van der Waals surface area (Å²) in [5, 5.41) is 10.7. The van der Waals surface area contributed by atoms with Gasteiger partial charge >= 0.3 is 6.03 Å². The van der Waals surface area contributed by atoms with Gasteiger partial charge in [0.05, 0.1) is 5.56 Å². The number of urea groups is 1. The predicted molar refractivity (Wildman–Crippen MR) is 100 cm³/mol. The van der Waals surface area contributed by atoms with Crippen LogP contribution in [0.15, 0.2) is 63.5 Å². The van der Waals surface area contributed by atoms with Crippen molar-refractivity contribution in [1.82, 2.24) is 20.4 Å². The zero-order valence-corrected chi connectivity index (χ0v) is 15.7. The van der Waals surface area contributed by atoms with Crippen LogP contribution in [0.3, 0.4) is 0 Å². The lowest BCUT2D eigenvalue weighted by atomic mass is 10.1. The van der Waals surface area contributed by atoms with Crippen molar-refractivity contribution in [1.29, 1.82) is 0 Å². The number of hydrogen-bond donors (Lipinski definition) is 1. The Hall–Kier alpha value is -3.00. The van der Waals surface area contributed by atoms with E-state index in [4.69, 9.17) is 4.42 Å². The molecule has 1 fully saturated rings. The molecular formula is C19H15BrN4O3. The van der Waals surface area contributed by atoms with E-state index in [1.54, 1.807) is 0 Å². The summed E-state index contributed by atoms with van der Waals surface area (Å²) in [4.78, 5) is 25.9. The fourth-order valence-electron chi connectivity index (χ4n) is 2.91. The normalized spacial score (nSPS) is 16.6. The summed E-state index contributed by atoms with van der Waals surface area (Å²) < 4.78 is 6.45. The van der Waals surface area contributed by atoms with E-state index < -0.39 is 12.1 Å². The molecule has 0 radical (unpaired) electrons. The van der Waals surface area contributed by atoms with Crippen LogP contribution in [0.4, 0.5) is 4.79 Å². The monoisotopic (exact) mass is 426 g/mol. The van der Waals surface area contributed by atoms with Gasteiger partial charge in [0.1, 0.15) is 12.6 Å². The number of rotatable bonds is 5. The van der Waals surface area contributed by atoms with Crippen molar-refractivity contribution in [3.05, 3.63) is 70.5 Å². The fraction of sp³-hybridized carbons (Fsp3) is 0.158. The van der Waals surface area contributed by atoms with Crippen LogP contribution in [0.5, 0.6) is 0 Å². The third-order valence-corrected chi connectivity index (χ3v) is 4.95.